The zero-order valence-corrected chi connectivity index (χ0v) is 20.9. The Bertz CT molecular complexity index is 1280. The number of alkyl halides is 1. The maximum Gasteiger partial charge on any atom is 0.317 e. The predicted molar refractivity (Wildman–Crippen MR) is 141 cm³/mol. The molecule has 0 aliphatic carbocycles. The molecule has 3 aromatic rings. The van der Waals surface area contributed by atoms with Gasteiger partial charge in [-0.05, 0) is 31.5 Å². The number of aliphatic hydroxyl groups is 2. The van der Waals surface area contributed by atoms with Crippen LogP contribution < -0.4 is 11.5 Å². The van der Waals surface area contributed by atoms with E-state index in [1.54, 1.807) is 37.3 Å². The highest BCUT2D eigenvalue weighted by molar-refractivity contribution is 6.27. The van der Waals surface area contributed by atoms with Crippen LogP contribution in [0.3, 0.4) is 0 Å². The first kappa shape index (κ1) is 29.7. The van der Waals surface area contributed by atoms with E-state index in [-0.39, 0.29) is 31.4 Å². The molecule has 0 spiro atoms. The van der Waals surface area contributed by atoms with Crippen molar-refractivity contribution in [2.45, 2.75) is 36.4 Å². The lowest BCUT2D eigenvalue weighted by molar-refractivity contribution is -0.569. The van der Waals surface area contributed by atoms with Crippen molar-refractivity contribution < 1.29 is 20.1 Å². The van der Waals surface area contributed by atoms with Crippen molar-refractivity contribution in [2.24, 2.45) is 4.99 Å². The smallest absolute Gasteiger partial charge is 0.317 e. The van der Waals surface area contributed by atoms with E-state index in [1.165, 1.54) is 12.3 Å². The van der Waals surface area contributed by atoms with E-state index in [2.05, 4.69) is 15.3 Å². The van der Waals surface area contributed by atoms with Crippen LogP contribution >= 0.6 is 11.6 Å². The van der Waals surface area contributed by atoms with Crippen LogP contribution in [-0.4, -0.2) is 56.1 Å². The van der Waals surface area contributed by atoms with E-state index >= 15 is 0 Å². The zero-order valence-electron chi connectivity index (χ0n) is 20.2. The molecule has 0 radical (unpaired) electrons. The van der Waals surface area contributed by atoms with E-state index < -0.39 is 26.5 Å². The number of nitrogens with one attached hydrogen (secondary N) is 1. The maximum atomic E-state index is 11.9. The van der Waals surface area contributed by atoms with Gasteiger partial charge in [0.1, 0.15) is 12.3 Å². The van der Waals surface area contributed by atoms with Crippen molar-refractivity contribution in [3.8, 4) is 0 Å². The molecule has 2 heterocycles. The number of para-hydroxylation sites is 2. The fourth-order valence-electron chi connectivity index (χ4n) is 4.01. The number of fused-ring (bicyclic) bond motifs is 2. The summed E-state index contributed by atoms with van der Waals surface area (Å²) in [7, 11) is 0. The fourth-order valence-corrected chi connectivity index (χ4v) is 4.51. The highest BCUT2D eigenvalue weighted by Gasteiger charge is 2.67. The molecular formula is C24H29ClN6O6. The van der Waals surface area contributed by atoms with Gasteiger partial charge in [-0.3, -0.25) is 30.5 Å². The van der Waals surface area contributed by atoms with Crippen molar-refractivity contribution in [1.29, 1.82) is 0 Å². The molecule has 3 atom stereocenters. The van der Waals surface area contributed by atoms with Crippen LogP contribution in [0, 0.1) is 20.2 Å². The van der Waals surface area contributed by atoms with Crippen LogP contribution in [0.1, 0.15) is 25.3 Å². The molecule has 0 bridgehead atoms. The molecule has 6 N–H and O–H groups in total. The molecule has 12 nitrogen and oxygen atoms in total. The Morgan fingerprint density at radius 2 is 1.81 bits per heavy atom. The van der Waals surface area contributed by atoms with Gasteiger partial charge in [0.2, 0.25) is 5.00 Å². The summed E-state index contributed by atoms with van der Waals surface area (Å²) in [5, 5.41) is 45.5. The Labute approximate surface area is 217 Å². The average Bonchev–Trinajstić information content (AvgIpc) is 2.88. The third-order valence-electron chi connectivity index (χ3n) is 5.91. The summed E-state index contributed by atoms with van der Waals surface area (Å²) >= 11 is 6.75. The van der Waals surface area contributed by atoms with Crippen molar-refractivity contribution in [3.63, 3.8) is 0 Å². The summed E-state index contributed by atoms with van der Waals surface area (Å²) in [6.07, 6.45) is 1.59. The Balaban J connectivity index is 0.000000291. The summed E-state index contributed by atoms with van der Waals surface area (Å²) in [6, 6.07) is 15.7. The topological polar surface area (TPSA) is 199 Å². The molecule has 37 heavy (non-hydrogen) atoms. The molecule has 4 rings (SSSR count). The Morgan fingerprint density at radius 3 is 2.46 bits per heavy atom. The van der Waals surface area contributed by atoms with Gasteiger partial charge in [0.25, 0.3) is 5.69 Å². The molecule has 0 amide bonds. The quantitative estimate of drug-likeness (QED) is 0.109. The average molecular weight is 533 g/mol. The first-order valence-electron chi connectivity index (χ1n) is 11.2. The van der Waals surface area contributed by atoms with Crippen molar-refractivity contribution in [2.75, 3.05) is 13.2 Å². The first-order chi connectivity index (χ1) is 17.2. The molecule has 1 aromatic heterocycles. The molecule has 198 valence electrons. The summed E-state index contributed by atoms with van der Waals surface area (Å²) < 4.78 is 0. The van der Waals surface area contributed by atoms with Gasteiger partial charge in [0, 0.05) is 28.5 Å². The fraction of sp³-hybridized carbons (Fsp3) is 0.333. The third kappa shape index (κ3) is 5.73. The number of nitro groups is 2. The maximum absolute atomic E-state index is 11.9. The van der Waals surface area contributed by atoms with Crippen LogP contribution in [0.5, 0.6) is 0 Å². The lowest BCUT2D eigenvalue weighted by atomic mass is 9.77. The summed E-state index contributed by atoms with van der Waals surface area (Å²) in [4.78, 5) is 27.8. The van der Waals surface area contributed by atoms with Crippen LogP contribution in [-0.2, 0) is 5.00 Å². The van der Waals surface area contributed by atoms with E-state index in [0.717, 1.165) is 17.1 Å². The van der Waals surface area contributed by atoms with Gasteiger partial charge in [-0.15, -0.1) is 0 Å². The molecule has 0 saturated heterocycles. The standard InChI is InChI=1S/C15H20ClN3O4.C9H6N2O2.H3N/c1-2-13(21)14(19(22)23)10-17-12-7-4-3-6-11(12)15(14,16)18-8-5-9-20;12-11(13)8-5-7-3-1-2-4-9(7)10-6-8;/h3-4,6-7,10,13,18,20-21H,2,5,8-9H2,1H3;1-6H;1H3. The van der Waals surface area contributed by atoms with Crippen LogP contribution in [0.2, 0.25) is 0 Å². The Morgan fingerprint density at radius 1 is 1.14 bits per heavy atom. The molecule has 13 heteroatoms. The van der Waals surface area contributed by atoms with Gasteiger partial charge >= 0.3 is 5.54 Å². The van der Waals surface area contributed by atoms with Crippen molar-refractivity contribution >= 4 is 40.1 Å². The summed E-state index contributed by atoms with van der Waals surface area (Å²) in [5.41, 5.74) is -0.259. The number of aliphatic hydroxyl groups excluding tert-OH is 2. The molecule has 1 aliphatic rings. The lowest BCUT2D eigenvalue weighted by Gasteiger charge is -2.43. The van der Waals surface area contributed by atoms with Crippen LogP contribution in [0.15, 0.2) is 65.8 Å². The van der Waals surface area contributed by atoms with Crippen molar-refractivity contribution in [1.82, 2.24) is 16.5 Å². The van der Waals surface area contributed by atoms with E-state index in [0.29, 0.717) is 17.7 Å². The van der Waals surface area contributed by atoms with E-state index in [1.807, 2.05) is 18.2 Å². The highest BCUT2D eigenvalue weighted by atomic mass is 35.5. The minimum atomic E-state index is -2.01. The third-order valence-corrected chi connectivity index (χ3v) is 6.55. The Kier molecular flexibility index (Phi) is 10.1. The van der Waals surface area contributed by atoms with Gasteiger partial charge < -0.3 is 16.4 Å². The van der Waals surface area contributed by atoms with E-state index in [4.69, 9.17) is 16.7 Å². The molecule has 0 saturated carbocycles. The van der Waals surface area contributed by atoms with Crippen molar-refractivity contribution in [3.05, 3.63) is 86.6 Å². The van der Waals surface area contributed by atoms with Crippen LogP contribution in [0.4, 0.5) is 11.4 Å². The minimum Gasteiger partial charge on any atom is -0.396 e. The highest BCUT2D eigenvalue weighted by Crippen LogP contribution is 2.48. The Hall–Kier alpha value is -3.55. The number of benzene rings is 2. The number of rotatable bonds is 8. The second-order valence-electron chi connectivity index (χ2n) is 8.09. The molecule has 3 unspecified atom stereocenters. The van der Waals surface area contributed by atoms with Crippen LogP contribution in [0.25, 0.3) is 10.9 Å². The molecular weight excluding hydrogens is 504 g/mol. The minimum absolute atomic E-state index is 0. The number of pyridine rings is 1. The number of halogens is 1. The molecule has 1 aliphatic heterocycles. The summed E-state index contributed by atoms with van der Waals surface area (Å²) in [6.45, 7) is 1.83. The SMILES string of the molecule is CCC(O)C1([N+](=O)[O-])C=Nc2ccccc2C1(Cl)NCCCO.N.O=[N+]([O-])c1cnc2ccccc2c1. The number of nitrogens with zero attached hydrogens (tertiary/aromatic N) is 4. The van der Waals surface area contributed by atoms with Gasteiger partial charge in [0.15, 0.2) is 0 Å². The lowest BCUT2D eigenvalue weighted by Crippen LogP contribution is -2.68. The monoisotopic (exact) mass is 532 g/mol. The zero-order chi connectivity index (χ0) is 26.3. The predicted octanol–water partition coefficient (Wildman–Crippen LogP) is 3.86. The first-order valence-corrected chi connectivity index (χ1v) is 11.6. The normalized spacial score (nSPS) is 20.6. The largest absolute Gasteiger partial charge is 0.396 e. The van der Waals surface area contributed by atoms with Gasteiger partial charge in [0.05, 0.1) is 22.3 Å². The van der Waals surface area contributed by atoms with Gasteiger partial charge in [-0.1, -0.05) is 54.9 Å². The number of aliphatic imine (C=N–C) groups is 1. The molecule has 2 aromatic carbocycles. The second kappa shape index (κ2) is 12.6. The van der Waals surface area contributed by atoms with Gasteiger partial charge in [-0.2, -0.15) is 0 Å². The van der Waals surface area contributed by atoms with E-state index in [9.17, 15) is 25.3 Å². The summed E-state index contributed by atoms with van der Waals surface area (Å²) in [5.74, 6) is 0. The second-order valence-corrected chi connectivity index (χ2v) is 8.65. The van der Waals surface area contributed by atoms with Gasteiger partial charge in [-0.25, -0.2) is 4.98 Å². The number of hydrogen-bond acceptors (Lipinski definition) is 10. The molecule has 0 fully saturated rings. The number of aromatic nitrogens is 1. The number of hydrogen-bond donors (Lipinski definition) is 4.